The number of benzene rings is 3. The molecule has 0 fully saturated rings. The molecule has 178 valence electrons. The summed E-state index contributed by atoms with van der Waals surface area (Å²) in [7, 11) is -6.78. The minimum Gasteiger partial charge on any atom is -0.492 e. The Kier molecular flexibility index (Phi) is 8.47. The first-order chi connectivity index (χ1) is 15.7. The summed E-state index contributed by atoms with van der Waals surface area (Å²) in [5, 5.41) is 2.01. The lowest BCUT2D eigenvalue weighted by Gasteiger charge is -2.14. The van der Waals surface area contributed by atoms with Gasteiger partial charge in [-0.15, -0.1) is 0 Å². The van der Waals surface area contributed by atoms with Gasteiger partial charge >= 0.3 is 0 Å². The average molecular weight is 491 g/mol. The molecule has 9 heteroatoms. The molecule has 7 nitrogen and oxygen atoms in total. The molecule has 3 aromatic carbocycles. The normalized spacial score (nSPS) is 13.2. The van der Waals surface area contributed by atoms with Crippen LogP contribution in [0.4, 0.5) is 0 Å². The molecule has 0 aromatic heterocycles. The van der Waals surface area contributed by atoms with E-state index in [9.17, 15) is 16.8 Å². The minimum atomic E-state index is -3.55. The van der Waals surface area contributed by atoms with Crippen LogP contribution in [0, 0.1) is 0 Å². The largest absolute Gasteiger partial charge is 0.492 e. The Bertz CT molecular complexity index is 1280. The maximum Gasteiger partial charge on any atom is 0.240 e. The lowest BCUT2D eigenvalue weighted by Crippen LogP contribution is -2.29. The van der Waals surface area contributed by atoms with Gasteiger partial charge in [-0.05, 0) is 52.9 Å². The lowest BCUT2D eigenvalue weighted by atomic mass is 9.98. The van der Waals surface area contributed by atoms with Crippen LogP contribution < -0.4 is 14.2 Å². The second-order valence-electron chi connectivity index (χ2n) is 7.90. The molecule has 0 spiro atoms. The van der Waals surface area contributed by atoms with Crippen LogP contribution in [-0.4, -0.2) is 42.3 Å². The van der Waals surface area contributed by atoms with Crippen molar-refractivity contribution in [1.82, 2.24) is 9.44 Å². The van der Waals surface area contributed by atoms with Gasteiger partial charge in [-0.3, -0.25) is 0 Å². The summed E-state index contributed by atoms with van der Waals surface area (Å²) in [4.78, 5) is 0.221. The maximum absolute atomic E-state index is 12.2. The van der Waals surface area contributed by atoms with Crippen molar-refractivity contribution < 1.29 is 21.6 Å². The van der Waals surface area contributed by atoms with E-state index in [0.29, 0.717) is 18.7 Å². The van der Waals surface area contributed by atoms with Gasteiger partial charge in [-0.2, -0.15) is 0 Å². The van der Waals surface area contributed by atoms with Gasteiger partial charge in [0.05, 0.1) is 10.6 Å². The highest BCUT2D eigenvalue weighted by atomic mass is 32.2. The molecule has 2 N–H and O–H groups in total. The van der Waals surface area contributed by atoms with E-state index in [2.05, 4.69) is 9.44 Å². The van der Waals surface area contributed by atoms with Gasteiger partial charge in [0, 0.05) is 13.1 Å². The zero-order valence-electron chi connectivity index (χ0n) is 18.8. The van der Waals surface area contributed by atoms with Gasteiger partial charge in [0.2, 0.25) is 20.0 Å². The Morgan fingerprint density at radius 1 is 0.879 bits per heavy atom. The van der Waals surface area contributed by atoms with Crippen molar-refractivity contribution >= 4 is 30.8 Å². The topological polar surface area (TPSA) is 102 Å². The van der Waals surface area contributed by atoms with Crippen LogP contribution in [0.2, 0.25) is 0 Å². The van der Waals surface area contributed by atoms with Gasteiger partial charge < -0.3 is 4.74 Å². The van der Waals surface area contributed by atoms with Gasteiger partial charge in [-0.25, -0.2) is 26.3 Å². The summed E-state index contributed by atoms with van der Waals surface area (Å²) in [6.07, 6.45) is 0.586. The Balaban J connectivity index is 1.56. The fraction of sp³-hybridized carbons (Fsp3) is 0.333. The predicted octanol–water partition coefficient (Wildman–Crippen LogP) is 3.63. The average Bonchev–Trinajstić information content (AvgIpc) is 2.80. The molecule has 0 amide bonds. The number of hydrogen-bond acceptors (Lipinski definition) is 5. The fourth-order valence-electron chi connectivity index (χ4n) is 3.38. The van der Waals surface area contributed by atoms with Gasteiger partial charge in [0.25, 0.3) is 0 Å². The third kappa shape index (κ3) is 7.26. The molecule has 3 aromatic rings. The first-order valence-electron chi connectivity index (χ1n) is 10.9. The highest BCUT2D eigenvalue weighted by Gasteiger charge is 2.14. The molecule has 0 aliphatic rings. The summed E-state index contributed by atoms with van der Waals surface area (Å²) < 4.78 is 59.2. The van der Waals surface area contributed by atoms with Crippen LogP contribution in [0.1, 0.15) is 31.7 Å². The van der Waals surface area contributed by atoms with Crippen molar-refractivity contribution in [2.75, 3.05) is 25.4 Å². The van der Waals surface area contributed by atoms with E-state index >= 15 is 0 Å². The Morgan fingerprint density at radius 2 is 1.58 bits per heavy atom. The monoisotopic (exact) mass is 490 g/mol. The Labute approximate surface area is 196 Å². The van der Waals surface area contributed by atoms with E-state index in [1.54, 1.807) is 30.3 Å². The molecule has 0 radical (unpaired) electrons. The highest BCUT2D eigenvalue weighted by Crippen LogP contribution is 2.25. The molecular formula is C24H30N2O5S2. The van der Waals surface area contributed by atoms with Crippen molar-refractivity contribution in [3.63, 3.8) is 0 Å². The van der Waals surface area contributed by atoms with Crippen LogP contribution in [0.5, 0.6) is 5.75 Å². The Hall–Kier alpha value is -2.46. The zero-order chi connectivity index (χ0) is 23.9. The smallest absolute Gasteiger partial charge is 0.240 e. The van der Waals surface area contributed by atoms with E-state index in [1.165, 1.54) is 0 Å². The molecule has 0 saturated heterocycles. The molecule has 0 aliphatic carbocycles. The van der Waals surface area contributed by atoms with Crippen molar-refractivity contribution in [3.8, 4) is 5.75 Å². The number of nitrogens with one attached hydrogen (secondary N) is 2. The van der Waals surface area contributed by atoms with Crippen LogP contribution in [0.15, 0.2) is 71.6 Å². The van der Waals surface area contributed by atoms with Crippen LogP contribution >= 0.6 is 0 Å². The molecular weight excluding hydrogens is 460 g/mol. The first kappa shape index (κ1) is 25.2. The molecule has 1 atom stereocenters. The quantitative estimate of drug-likeness (QED) is 0.378. The van der Waals surface area contributed by atoms with Crippen LogP contribution in [-0.2, 0) is 20.0 Å². The molecule has 33 heavy (non-hydrogen) atoms. The first-order valence-corrected chi connectivity index (χ1v) is 14.0. The summed E-state index contributed by atoms with van der Waals surface area (Å²) in [5.74, 6) is 0.817. The minimum absolute atomic E-state index is 0.0367. The lowest BCUT2D eigenvalue weighted by molar-refractivity contribution is 0.323. The van der Waals surface area contributed by atoms with E-state index in [0.717, 1.165) is 16.3 Å². The number of ether oxygens (including phenoxy) is 1. The Morgan fingerprint density at radius 3 is 2.30 bits per heavy atom. The number of hydrogen-bond donors (Lipinski definition) is 2. The molecule has 0 saturated carbocycles. The van der Waals surface area contributed by atoms with Crippen molar-refractivity contribution in [3.05, 3.63) is 72.3 Å². The van der Waals surface area contributed by atoms with Gasteiger partial charge in [0.1, 0.15) is 12.4 Å². The molecule has 0 aliphatic heterocycles. The van der Waals surface area contributed by atoms with E-state index in [1.807, 2.05) is 50.2 Å². The molecule has 0 bridgehead atoms. The van der Waals surface area contributed by atoms with Crippen LogP contribution in [0.25, 0.3) is 10.8 Å². The second kappa shape index (κ2) is 11.1. The number of sulfonamides is 2. The van der Waals surface area contributed by atoms with Crippen molar-refractivity contribution in [2.24, 2.45) is 0 Å². The van der Waals surface area contributed by atoms with Crippen LogP contribution in [0.3, 0.4) is 0 Å². The molecule has 0 heterocycles. The maximum atomic E-state index is 12.2. The summed E-state index contributed by atoms with van der Waals surface area (Å²) in [6.45, 7) is 4.54. The van der Waals surface area contributed by atoms with E-state index in [-0.39, 0.29) is 29.7 Å². The standard InChI is InChI=1S/C24H30N2O5S2/c1-3-15-32(27,28)26-18-19(2)20-9-10-22-17-23(12-11-21(22)16-20)31-14-13-25-33(29,30)24-7-5-4-6-8-24/h4-12,16-17,19,25-26H,3,13-15,18H2,1-2H3. The van der Waals surface area contributed by atoms with Crippen molar-refractivity contribution in [2.45, 2.75) is 31.1 Å². The van der Waals surface area contributed by atoms with Gasteiger partial charge in [-0.1, -0.05) is 56.3 Å². The SMILES string of the molecule is CCCS(=O)(=O)NCC(C)c1ccc2cc(OCCNS(=O)(=O)c3ccccc3)ccc2c1. The van der Waals surface area contributed by atoms with E-state index in [4.69, 9.17) is 4.74 Å². The predicted molar refractivity (Wildman–Crippen MR) is 132 cm³/mol. The highest BCUT2D eigenvalue weighted by molar-refractivity contribution is 7.89. The third-order valence-corrected chi connectivity index (χ3v) is 8.23. The van der Waals surface area contributed by atoms with Gasteiger partial charge in [0.15, 0.2) is 0 Å². The number of rotatable bonds is 12. The second-order valence-corrected chi connectivity index (χ2v) is 11.6. The third-order valence-electron chi connectivity index (χ3n) is 5.20. The fourth-order valence-corrected chi connectivity index (χ4v) is 5.60. The van der Waals surface area contributed by atoms with E-state index < -0.39 is 20.0 Å². The molecule has 1 unspecified atom stereocenters. The van der Waals surface area contributed by atoms with Crippen molar-refractivity contribution in [1.29, 1.82) is 0 Å². The molecule has 3 rings (SSSR count). The summed E-state index contributed by atoms with van der Waals surface area (Å²) in [6, 6.07) is 19.9. The summed E-state index contributed by atoms with van der Waals surface area (Å²) >= 11 is 0. The zero-order valence-corrected chi connectivity index (χ0v) is 20.5. The number of fused-ring (bicyclic) bond motifs is 1. The summed E-state index contributed by atoms with van der Waals surface area (Å²) in [5.41, 5.74) is 1.05.